The fraction of sp³-hybridized carbons (Fsp3) is 0.318. The van der Waals surface area contributed by atoms with Crippen molar-refractivity contribution in [2.75, 3.05) is 18.5 Å². The molecule has 28 heavy (non-hydrogen) atoms. The first-order valence-electron chi connectivity index (χ1n) is 9.36. The quantitative estimate of drug-likeness (QED) is 0.723. The number of benzene rings is 2. The first-order valence-corrected chi connectivity index (χ1v) is 9.36. The normalized spacial score (nSPS) is 14.6. The van der Waals surface area contributed by atoms with Gasteiger partial charge in [0.05, 0.1) is 11.3 Å². The number of hydrogen-bond acceptors (Lipinski definition) is 4. The number of hydrogen-bond donors (Lipinski definition) is 0. The maximum Gasteiger partial charge on any atom is 0.341 e. The summed E-state index contributed by atoms with van der Waals surface area (Å²) in [7, 11) is 1.68. The van der Waals surface area contributed by atoms with Crippen LogP contribution < -0.4 is 4.90 Å². The zero-order chi connectivity index (χ0) is 20.1. The average Bonchev–Trinajstić information content (AvgIpc) is 3.13. The van der Waals surface area contributed by atoms with Gasteiger partial charge in [-0.05, 0) is 31.0 Å². The second-order valence-corrected chi connectivity index (χ2v) is 6.89. The van der Waals surface area contributed by atoms with Crippen molar-refractivity contribution in [2.24, 2.45) is 0 Å². The lowest BCUT2D eigenvalue weighted by molar-refractivity contribution is -0.139. The first-order chi connectivity index (χ1) is 13.5. The Morgan fingerprint density at radius 2 is 1.79 bits per heavy atom. The van der Waals surface area contributed by atoms with Crippen LogP contribution in [0.4, 0.5) is 5.69 Å². The lowest BCUT2D eigenvalue weighted by Crippen LogP contribution is -2.37. The molecule has 0 spiro atoms. The number of esters is 1. The van der Waals surface area contributed by atoms with Crippen LogP contribution in [0.2, 0.25) is 0 Å². The van der Waals surface area contributed by atoms with Gasteiger partial charge in [0, 0.05) is 26.6 Å². The molecule has 2 amide bonds. The third kappa shape index (κ3) is 4.39. The van der Waals surface area contributed by atoms with Crippen LogP contribution in [0.1, 0.15) is 35.7 Å². The highest BCUT2D eigenvalue weighted by Gasteiger charge is 2.28. The Balaban J connectivity index is 1.67. The van der Waals surface area contributed by atoms with E-state index in [0.717, 1.165) is 12.0 Å². The van der Waals surface area contributed by atoms with Gasteiger partial charge in [-0.2, -0.15) is 0 Å². The van der Waals surface area contributed by atoms with Gasteiger partial charge in [0.25, 0.3) is 5.91 Å². The molecule has 1 fully saturated rings. The number of carbonyl (C=O) groups is 3. The molecule has 146 valence electrons. The van der Waals surface area contributed by atoms with Gasteiger partial charge in [0.1, 0.15) is 0 Å². The fourth-order valence-electron chi connectivity index (χ4n) is 3.30. The van der Waals surface area contributed by atoms with Crippen molar-refractivity contribution in [2.45, 2.75) is 32.4 Å². The maximum atomic E-state index is 12.7. The molecule has 0 radical (unpaired) electrons. The van der Waals surface area contributed by atoms with Crippen LogP contribution in [0, 0.1) is 0 Å². The first kappa shape index (κ1) is 19.6. The highest BCUT2D eigenvalue weighted by atomic mass is 16.5. The number of para-hydroxylation sites is 1. The zero-order valence-electron chi connectivity index (χ0n) is 16.1. The van der Waals surface area contributed by atoms with Crippen molar-refractivity contribution in [3.63, 3.8) is 0 Å². The molecule has 6 nitrogen and oxygen atoms in total. The monoisotopic (exact) mass is 380 g/mol. The summed E-state index contributed by atoms with van der Waals surface area (Å²) < 4.78 is 5.42. The summed E-state index contributed by atoms with van der Waals surface area (Å²) in [6.07, 6.45) is 0.313. The number of likely N-dealkylation sites (N-methyl/N-ethyl adjacent to an activating group) is 1. The molecule has 0 bridgehead atoms. The Bertz CT molecular complexity index is 866. The van der Waals surface area contributed by atoms with E-state index >= 15 is 0 Å². The Morgan fingerprint density at radius 1 is 1.11 bits per heavy atom. The second-order valence-electron chi connectivity index (χ2n) is 6.89. The third-order valence-electron chi connectivity index (χ3n) is 4.76. The van der Waals surface area contributed by atoms with Crippen molar-refractivity contribution in [3.8, 4) is 0 Å². The van der Waals surface area contributed by atoms with Crippen LogP contribution in [0.25, 0.3) is 0 Å². The zero-order valence-corrected chi connectivity index (χ0v) is 16.1. The largest absolute Gasteiger partial charge is 0.449 e. The van der Waals surface area contributed by atoms with E-state index in [0.29, 0.717) is 30.8 Å². The minimum atomic E-state index is -0.927. The number of carbonyl (C=O) groups excluding carboxylic acids is 3. The number of ether oxygens (including phenoxy) is 1. The van der Waals surface area contributed by atoms with Crippen molar-refractivity contribution in [3.05, 3.63) is 65.7 Å². The topological polar surface area (TPSA) is 66.9 Å². The van der Waals surface area contributed by atoms with Crippen LogP contribution in [0.5, 0.6) is 0 Å². The van der Waals surface area contributed by atoms with Crippen LogP contribution in [-0.4, -0.2) is 42.4 Å². The lowest BCUT2D eigenvalue weighted by atomic mass is 10.1. The van der Waals surface area contributed by atoms with Crippen molar-refractivity contribution in [1.29, 1.82) is 0 Å². The smallest absolute Gasteiger partial charge is 0.341 e. The molecule has 0 aliphatic carbocycles. The number of anilines is 1. The molecule has 0 unspecified atom stereocenters. The molecule has 0 aromatic heterocycles. The van der Waals surface area contributed by atoms with Gasteiger partial charge in [0.2, 0.25) is 5.91 Å². The van der Waals surface area contributed by atoms with Crippen molar-refractivity contribution < 1.29 is 19.1 Å². The van der Waals surface area contributed by atoms with E-state index in [-0.39, 0.29) is 11.8 Å². The van der Waals surface area contributed by atoms with E-state index in [1.807, 2.05) is 30.3 Å². The van der Waals surface area contributed by atoms with Crippen LogP contribution >= 0.6 is 0 Å². The van der Waals surface area contributed by atoms with E-state index in [9.17, 15) is 14.4 Å². The summed E-state index contributed by atoms with van der Waals surface area (Å²) in [5.74, 6) is -0.900. The van der Waals surface area contributed by atoms with Crippen LogP contribution in [0.3, 0.4) is 0 Å². The van der Waals surface area contributed by atoms with Gasteiger partial charge >= 0.3 is 5.97 Å². The van der Waals surface area contributed by atoms with E-state index in [4.69, 9.17) is 4.74 Å². The SMILES string of the molecule is C[C@H](OC(=O)c1ccccc1N1CCCC1=O)C(=O)N(C)Cc1ccccc1. The molecule has 1 saturated heterocycles. The number of nitrogens with zero attached hydrogens (tertiary/aromatic N) is 2. The molecule has 1 aliphatic heterocycles. The molecule has 3 rings (SSSR count). The molecule has 2 aromatic rings. The van der Waals surface area contributed by atoms with E-state index < -0.39 is 12.1 Å². The molecule has 6 heteroatoms. The van der Waals surface area contributed by atoms with E-state index in [1.54, 1.807) is 43.1 Å². The molecule has 0 N–H and O–H groups in total. The van der Waals surface area contributed by atoms with Gasteiger partial charge in [0.15, 0.2) is 6.10 Å². The highest BCUT2D eigenvalue weighted by Crippen LogP contribution is 2.26. The predicted molar refractivity (Wildman–Crippen MR) is 106 cm³/mol. The van der Waals surface area contributed by atoms with Crippen molar-refractivity contribution in [1.82, 2.24) is 4.90 Å². The Labute approximate surface area is 164 Å². The van der Waals surface area contributed by atoms with Gasteiger partial charge in [-0.25, -0.2) is 4.79 Å². The van der Waals surface area contributed by atoms with Crippen LogP contribution in [-0.2, 0) is 20.9 Å². The van der Waals surface area contributed by atoms with Gasteiger partial charge in [-0.15, -0.1) is 0 Å². The number of rotatable bonds is 6. The standard InChI is InChI=1S/C22H24N2O4/c1-16(21(26)23(2)15-17-9-4-3-5-10-17)28-22(27)18-11-6-7-12-19(18)24-14-8-13-20(24)25/h3-7,9-12,16H,8,13-15H2,1-2H3/t16-/m0/s1. The fourth-order valence-corrected chi connectivity index (χ4v) is 3.30. The summed E-state index contributed by atoms with van der Waals surface area (Å²) in [6, 6.07) is 16.4. The van der Waals surface area contributed by atoms with Crippen LogP contribution in [0.15, 0.2) is 54.6 Å². The minimum Gasteiger partial charge on any atom is -0.449 e. The summed E-state index contributed by atoms with van der Waals surface area (Å²) >= 11 is 0. The maximum absolute atomic E-state index is 12.7. The number of amides is 2. The van der Waals surface area contributed by atoms with Crippen molar-refractivity contribution >= 4 is 23.5 Å². The molecule has 2 aromatic carbocycles. The summed E-state index contributed by atoms with van der Waals surface area (Å²) in [4.78, 5) is 40.5. The molecule has 1 aliphatic rings. The molecule has 1 heterocycles. The molecule has 0 saturated carbocycles. The van der Waals surface area contributed by atoms with E-state index in [2.05, 4.69) is 0 Å². The summed E-state index contributed by atoms with van der Waals surface area (Å²) in [6.45, 7) is 2.57. The van der Waals surface area contributed by atoms with Gasteiger partial charge < -0.3 is 14.5 Å². The third-order valence-corrected chi connectivity index (χ3v) is 4.76. The minimum absolute atomic E-state index is 0.00744. The molecular formula is C22H24N2O4. The average molecular weight is 380 g/mol. The lowest BCUT2D eigenvalue weighted by Gasteiger charge is -2.23. The van der Waals surface area contributed by atoms with Gasteiger partial charge in [-0.1, -0.05) is 42.5 Å². The molecule has 1 atom stereocenters. The Morgan fingerprint density at radius 3 is 2.46 bits per heavy atom. The Hall–Kier alpha value is -3.15. The summed E-state index contributed by atoms with van der Waals surface area (Å²) in [5.41, 5.74) is 1.82. The Kier molecular flexibility index (Phi) is 6.09. The molecular weight excluding hydrogens is 356 g/mol. The van der Waals surface area contributed by atoms with E-state index in [1.165, 1.54) is 4.90 Å². The highest BCUT2D eigenvalue weighted by molar-refractivity contribution is 6.04. The van der Waals surface area contributed by atoms with Gasteiger partial charge in [-0.3, -0.25) is 9.59 Å². The summed E-state index contributed by atoms with van der Waals surface area (Å²) in [5, 5.41) is 0. The predicted octanol–water partition coefficient (Wildman–Crippen LogP) is 3.02. The second kappa shape index (κ2) is 8.69.